The molecule has 4 heteroatoms. The summed E-state index contributed by atoms with van der Waals surface area (Å²) in [6.45, 7) is 6.62. The molecule has 0 aliphatic rings. The molecule has 0 aromatic rings. The van der Waals surface area contributed by atoms with E-state index in [0.717, 1.165) is 18.5 Å². The van der Waals surface area contributed by atoms with E-state index in [1.54, 1.807) is 0 Å². The van der Waals surface area contributed by atoms with Crippen molar-refractivity contribution in [2.24, 2.45) is 0 Å². The second-order valence-electron chi connectivity index (χ2n) is 6.77. The van der Waals surface area contributed by atoms with Gasteiger partial charge in [0, 0.05) is 11.9 Å². The van der Waals surface area contributed by atoms with E-state index in [2.05, 4.69) is 22.9 Å². The monoisotopic (exact) mass is 422 g/mol. The van der Waals surface area contributed by atoms with Crippen molar-refractivity contribution in [3.05, 3.63) is 0 Å². The molecule has 0 unspecified atom stereocenters. The number of halogens is 1. The Morgan fingerprint density at radius 1 is 0.440 bits per heavy atom. The second-order valence-corrected chi connectivity index (χ2v) is 7.56. The van der Waals surface area contributed by atoms with Crippen molar-refractivity contribution in [3.63, 3.8) is 0 Å². The minimum absolute atomic E-state index is 0.662. The summed E-state index contributed by atoms with van der Waals surface area (Å²) in [5.74, 6) is 0. The highest BCUT2D eigenvalue weighted by molar-refractivity contribution is 9.09. The first-order chi connectivity index (χ1) is 12.4. The third-order valence-corrected chi connectivity index (χ3v) is 4.68. The van der Waals surface area contributed by atoms with Gasteiger partial charge >= 0.3 is 0 Å². The maximum atomic E-state index is 5.59. The van der Waals surface area contributed by atoms with Crippen LogP contribution in [0.25, 0.3) is 0 Å². The average molecular weight is 423 g/mol. The van der Waals surface area contributed by atoms with E-state index >= 15 is 0 Å². The second kappa shape index (κ2) is 24.4. The Labute approximate surface area is 165 Å². The average Bonchev–Trinajstić information content (AvgIpc) is 2.63. The minimum Gasteiger partial charge on any atom is -0.379 e. The van der Waals surface area contributed by atoms with E-state index in [1.807, 2.05) is 0 Å². The molecule has 0 aliphatic carbocycles. The number of unbranched alkanes of at least 4 members (excludes halogenated alkanes) is 12. The fraction of sp³-hybridized carbons (Fsp3) is 1.00. The van der Waals surface area contributed by atoms with E-state index in [0.29, 0.717) is 26.4 Å². The molecule has 0 bridgehead atoms. The van der Waals surface area contributed by atoms with Crippen LogP contribution in [0.3, 0.4) is 0 Å². The van der Waals surface area contributed by atoms with Crippen LogP contribution in [0.15, 0.2) is 0 Å². The zero-order valence-electron chi connectivity index (χ0n) is 16.7. The van der Waals surface area contributed by atoms with Gasteiger partial charge in [-0.05, 0) is 6.42 Å². The highest BCUT2D eigenvalue weighted by Crippen LogP contribution is 2.12. The molecule has 0 aromatic carbocycles. The van der Waals surface area contributed by atoms with Gasteiger partial charge in [0.15, 0.2) is 0 Å². The van der Waals surface area contributed by atoms with E-state index in [9.17, 15) is 0 Å². The summed E-state index contributed by atoms with van der Waals surface area (Å²) in [6, 6.07) is 0. The Kier molecular flexibility index (Phi) is 24.7. The number of hydrogen-bond acceptors (Lipinski definition) is 3. The van der Waals surface area contributed by atoms with Gasteiger partial charge in [-0.3, -0.25) is 0 Å². The van der Waals surface area contributed by atoms with Gasteiger partial charge < -0.3 is 14.2 Å². The Hall–Kier alpha value is 0.360. The van der Waals surface area contributed by atoms with Crippen LogP contribution in [0.2, 0.25) is 0 Å². The standard InChI is InChI=1S/C21H43BrO3/c1-2-3-4-5-6-7-8-9-10-11-12-13-14-16-23-18-20-25-21-19-24-17-15-22/h2-21H2,1H3. The molecule has 0 spiro atoms. The van der Waals surface area contributed by atoms with Gasteiger partial charge in [0.25, 0.3) is 0 Å². The molecular formula is C21H43BrO3. The molecule has 0 radical (unpaired) electrons. The van der Waals surface area contributed by atoms with Crippen molar-refractivity contribution in [1.29, 1.82) is 0 Å². The molecule has 0 saturated heterocycles. The van der Waals surface area contributed by atoms with Gasteiger partial charge in [0.05, 0.1) is 33.0 Å². The normalized spacial score (nSPS) is 11.3. The molecular weight excluding hydrogens is 380 g/mol. The Balaban J connectivity index is 2.94. The van der Waals surface area contributed by atoms with Crippen molar-refractivity contribution in [3.8, 4) is 0 Å². The van der Waals surface area contributed by atoms with E-state index in [-0.39, 0.29) is 0 Å². The molecule has 0 heterocycles. The van der Waals surface area contributed by atoms with Crippen LogP contribution in [0, 0.1) is 0 Å². The summed E-state index contributed by atoms with van der Waals surface area (Å²) in [6.07, 6.45) is 18.1. The summed E-state index contributed by atoms with van der Waals surface area (Å²) >= 11 is 3.32. The van der Waals surface area contributed by atoms with Crippen molar-refractivity contribution >= 4 is 15.9 Å². The van der Waals surface area contributed by atoms with E-state index in [4.69, 9.17) is 14.2 Å². The number of hydrogen-bond donors (Lipinski definition) is 0. The summed E-state index contributed by atoms with van der Waals surface area (Å²) in [5, 5.41) is 0.884. The zero-order chi connectivity index (χ0) is 18.3. The topological polar surface area (TPSA) is 27.7 Å². The fourth-order valence-electron chi connectivity index (χ4n) is 2.82. The van der Waals surface area contributed by atoms with Gasteiger partial charge in [-0.2, -0.15) is 0 Å². The van der Waals surface area contributed by atoms with Crippen LogP contribution < -0.4 is 0 Å². The zero-order valence-corrected chi connectivity index (χ0v) is 18.3. The molecule has 0 aliphatic heterocycles. The van der Waals surface area contributed by atoms with Crippen LogP contribution >= 0.6 is 15.9 Å². The minimum atomic E-state index is 0.662. The maximum absolute atomic E-state index is 5.59. The number of ether oxygens (including phenoxy) is 3. The van der Waals surface area contributed by atoms with Crippen molar-refractivity contribution in [2.45, 2.75) is 90.4 Å². The summed E-state index contributed by atoms with van der Waals surface area (Å²) < 4.78 is 16.3. The fourth-order valence-corrected chi connectivity index (χ4v) is 3.05. The molecule has 0 atom stereocenters. The van der Waals surface area contributed by atoms with Crippen molar-refractivity contribution in [2.75, 3.05) is 45.0 Å². The molecule has 152 valence electrons. The third kappa shape index (κ3) is 24.4. The molecule has 0 N–H and O–H groups in total. The highest BCUT2D eigenvalue weighted by Gasteiger charge is 1.95. The smallest absolute Gasteiger partial charge is 0.0701 e. The largest absolute Gasteiger partial charge is 0.379 e. The predicted molar refractivity (Wildman–Crippen MR) is 112 cm³/mol. The molecule has 0 aromatic heterocycles. The SMILES string of the molecule is CCCCCCCCCCCCCCCOCCOCCOCCBr. The molecule has 0 saturated carbocycles. The van der Waals surface area contributed by atoms with Crippen LogP contribution in [0.4, 0.5) is 0 Å². The van der Waals surface area contributed by atoms with Gasteiger partial charge in [-0.25, -0.2) is 0 Å². The van der Waals surface area contributed by atoms with Crippen LogP contribution in [-0.2, 0) is 14.2 Å². The first-order valence-electron chi connectivity index (χ1n) is 10.7. The Bertz CT molecular complexity index is 205. The van der Waals surface area contributed by atoms with Gasteiger partial charge in [-0.1, -0.05) is 99.9 Å². The molecule has 3 nitrogen and oxygen atoms in total. The number of rotatable bonds is 22. The van der Waals surface area contributed by atoms with Crippen molar-refractivity contribution in [1.82, 2.24) is 0 Å². The van der Waals surface area contributed by atoms with E-state index < -0.39 is 0 Å². The predicted octanol–water partition coefficient (Wildman–Crippen LogP) is 6.52. The Morgan fingerprint density at radius 2 is 0.800 bits per heavy atom. The lowest BCUT2D eigenvalue weighted by Crippen LogP contribution is -2.10. The molecule has 0 fully saturated rings. The molecule has 25 heavy (non-hydrogen) atoms. The van der Waals surface area contributed by atoms with Crippen LogP contribution in [0.5, 0.6) is 0 Å². The van der Waals surface area contributed by atoms with Gasteiger partial charge in [0.2, 0.25) is 0 Å². The quantitative estimate of drug-likeness (QED) is 0.147. The summed E-state index contributed by atoms with van der Waals surface area (Å²) in [7, 11) is 0. The van der Waals surface area contributed by atoms with Gasteiger partial charge in [0.1, 0.15) is 0 Å². The van der Waals surface area contributed by atoms with Crippen LogP contribution in [0.1, 0.15) is 90.4 Å². The number of alkyl halides is 1. The molecule has 0 rings (SSSR count). The summed E-state index contributed by atoms with van der Waals surface area (Å²) in [5.41, 5.74) is 0. The summed E-state index contributed by atoms with van der Waals surface area (Å²) in [4.78, 5) is 0. The van der Waals surface area contributed by atoms with Crippen LogP contribution in [-0.4, -0.2) is 45.0 Å². The third-order valence-electron chi connectivity index (χ3n) is 4.36. The first-order valence-corrected chi connectivity index (χ1v) is 11.8. The molecule has 0 amide bonds. The lowest BCUT2D eigenvalue weighted by Gasteiger charge is -2.06. The Morgan fingerprint density at radius 3 is 1.24 bits per heavy atom. The maximum Gasteiger partial charge on any atom is 0.0701 e. The highest BCUT2D eigenvalue weighted by atomic mass is 79.9. The van der Waals surface area contributed by atoms with Crippen molar-refractivity contribution < 1.29 is 14.2 Å². The van der Waals surface area contributed by atoms with E-state index in [1.165, 1.54) is 83.5 Å². The lowest BCUT2D eigenvalue weighted by molar-refractivity contribution is 0.0168. The van der Waals surface area contributed by atoms with Gasteiger partial charge in [-0.15, -0.1) is 0 Å². The first kappa shape index (κ1) is 25.4. The lowest BCUT2D eigenvalue weighted by atomic mass is 10.0.